The average molecular weight is 266 g/mol. The van der Waals surface area contributed by atoms with Gasteiger partial charge in [-0.2, -0.15) is 0 Å². The number of benzene rings is 1. The van der Waals surface area contributed by atoms with Crippen molar-refractivity contribution < 1.29 is 14.3 Å². The zero-order valence-electron chi connectivity index (χ0n) is 10.1. The number of rotatable bonds is 4. The van der Waals surface area contributed by atoms with Gasteiger partial charge in [-0.3, -0.25) is 4.79 Å². The number of oxazole rings is 1. The van der Waals surface area contributed by atoms with Crippen LogP contribution in [-0.4, -0.2) is 21.8 Å². The fraction of sp³-hybridized carbons (Fsp3) is 0.333. The van der Waals surface area contributed by atoms with E-state index in [1.807, 2.05) is 0 Å². The second-order valence-corrected chi connectivity index (χ2v) is 5.61. The highest BCUT2D eigenvalue weighted by atomic mass is 32.2. The highest BCUT2D eigenvalue weighted by molar-refractivity contribution is 7.99. The van der Waals surface area contributed by atoms with Gasteiger partial charge >= 0.3 is 5.97 Å². The number of nitrogens with zero attached hydrogens (tertiary/aromatic N) is 1. The maximum absolute atomic E-state index is 11.0. The third-order valence-corrected chi connectivity index (χ3v) is 3.82. The van der Waals surface area contributed by atoms with Crippen molar-refractivity contribution in [2.24, 2.45) is 5.41 Å². The average Bonchev–Trinajstić information content (AvgIpc) is 2.68. The first-order chi connectivity index (χ1) is 8.38. The minimum Gasteiger partial charge on any atom is -0.481 e. The lowest BCUT2D eigenvalue weighted by Gasteiger charge is -2.16. The summed E-state index contributed by atoms with van der Waals surface area (Å²) in [5.74, 6) is -0.444. The highest BCUT2D eigenvalue weighted by Crippen LogP contribution is 2.30. The molecule has 0 aliphatic carbocycles. The summed E-state index contributed by atoms with van der Waals surface area (Å²) in [6.07, 6.45) is 0. The minimum absolute atomic E-state index is 0.393. The second-order valence-electron chi connectivity index (χ2n) is 4.68. The van der Waals surface area contributed by atoms with Crippen molar-refractivity contribution in [3.05, 3.63) is 18.2 Å². The van der Waals surface area contributed by atoms with Crippen molar-refractivity contribution in [1.29, 1.82) is 0 Å². The molecule has 0 bridgehead atoms. The van der Waals surface area contributed by atoms with Crippen LogP contribution in [0.1, 0.15) is 13.8 Å². The summed E-state index contributed by atoms with van der Waals surface area (Å²) >= 11 is 1.29. The second kappa shape index (κ2) is 4.53. The molecule has 96 valence electrons. The van der Waals surface area contributed by atoms with Crippen molar-refractivity contribution in [3.63, 3.8) is 0 Å². The van der Waals surface area contributed by atoms with Gasteiger partial charge in [0.25, 0.3) is 5.22 Å². The first-order valence-electron chi connectivity index (χ1n) is 5.41. The van der Waals surface area contributed by atoms with Crippen LogP contribution in [0.4, 0.5) is 5.69 Å². The first-order valence-corrected chi connectivity index (χ1v) is 6.39. The Balaban J connectivity index is 2.15. The van der Waals surface area contributed by atoms with Crippen LogP contribution in [0, 0.1) is 5.41 Å². The van der Waals surface area contributed by atoms with E-state index in [1.54, 1.807) is 32.0 Å². The Morgan fingerprint density at radius 3 is 2.94 bits per heavy atom. The molecule has 0 saturated heterocycles. The number of nitrogen functional groups attached to an aromatic ring is 1. The number of anilines is 1. The zero-order valence-corrected chi connectivity index (χ0v) is 11.0. The van der Waals surface area contributed by atoms with Crippen molar-refractivity contribution in [2.75, 3.05) is 11.5 Å². The largest absolute Gasteiger partial charge is 0.481 e. The molecular formula is C12H14N2O3S. The topological polar surface area (TPSA) is 89.4 Å². The summed E-state index contributed by atoms with van der Waals surface area (Å²) in [4.78, 5) is 15.2. The molecule has 1 aromatic heterocycles. The SMILES string of the molecule is CC(C)(CSc1nc2ccc(N)cc2o1)C(=O)O. The molecule has 0 spiro atoms. The van der Waals surface area contributed by atoms with E-state index in [1.165, 1.54) is 11.8 Å². The van der Waals surface area contributed by atoms with Crippen molar-refractivity contribution in [2.45, 2.75) is 19.1 Å². The maximum atomic E-state index is 11.0. The van der Waals surface area contributed by atoms with Gasteiger partial charge in [-0.25, -0.2) is 4.98 Å². The number of thioether (sulfide) groups is 1. The Labute approximate surface area is 108 Å². The number of aliphatic carboxylic acids is 1. The number of carboxylic acid groups (broad SMARTS) is 1. The summed E-state index contributed by atoms with van der Waals surface area (Å²) < 4.78 is 5.50. The predicted octanol–water partition coefficient (Wildman–Crippen LogP) is 2.61. The third kappa shape index (κ3) is 2.59. The van der Waals surface area contributed by atoms with Crippen LogP contribution < -0.4 is 5.73 Å². The summed E-state index contributed by atoms with van der Waals surface area (Å²) in [7, 11) is 0. The van der Waals surface area contributed by atoms with E-state index < -0.39 is 11.4 Å². The Morgan fingerprint density at radius 1 is 1.56 bits per heavy atom. The molecule has 0 unspecified atom stereocenters. The van der Waals surface area contributed by atoms with Crippen molar-refractivity contribution in [1.82, 2.24) is 4.98 Å². The Hall–Kier alpha value is -1.69. The van der Waals surface area contributed by atoms with Gasteiger partial charge in [0.15, 0.2) is 5.58 Å². The molecule has 3 N–H and O–H groups in total. The molecule has 0 atom stereocenters. The number of carbonyl (C=O) groups is 1. The van der Waals surface area contributed by atoms with Crippen molar-refractivity contribution >= 4 is 34.5 Å². The lowest BCUT2D eigenvalue weighted by molar-refractivity contribution is -0.145. The number of hydrogen-bond acceptors (Lipinski definition) is 5. The molecule has 18 heavy (non-hydrogen) atoms. The zero-order chi connectivity index (χ0) is 13.3. The molecule has 0 aliphatic rings. The van der Waals surface area contributed by atoms with Gasteiger partial charge < -0.3 is 15.3 Å². The van der Waals surface area contributed by atoms with Crippen LogP contribution in [0.25, 0.3) is 11.1 Å². The first kappa shape index (κ1) is 12.8. The molecular weight excluding hydrogens is 252 g/mol. The van der Waals surface area contributed by atoms with Crippen LogP contribution in [0.2, 0.25) is 0 Å². The molecule has 0 saturated carbocycles. The molecule has 5 nitrogen and oxygen atoms in total. The number of carboxylic acids is 1. The number of nitrogens with two attached hydrogens (primary N) is 1. The van der Waals surface area contributed by atoms with E-state index in [0.717, 1.165) is 5.52 Å². The van der Waals surface area contributed by atoms with Crippen molar-refractivity contribution in [3.8, 4) is 0 Å². The fourth-order valence-corrected chi connectivity index (χ4v) is 2.21. The molecule has 2 rings (SSSR count). The number of hydrogen-bond donors (Lipinski definition) is 2. The van der Waals surface area contributed by atoms with E-state index in [0.29, 0.717) is 22.2 Å². The van der Waals surface area contributed by atoms with Gasteiger partial charge in [0.05, 0.1) is 5.41 Å². The Bertz CT molecular complexity index is 592. The van der Waals surface area contributed by atoms with E-state index in [9.17, 15) is 4.79 Å². The van der Waals surface area contributed by atoms with E-state index in [2.05, 4.69) is 4.98 Å². The molecule has 0 radical (unpaired) electrons. The molecule has 1 heterocycles. The van der Waals surface area contributed by atoms with Gasteiger partial charge in [-0.05, 0) is 26.0 Å². The van der Waals surface area contributed by atoms with Gasteiger partial charge in [-0.15, -0.1) is 0 Å². The Morgan fingerprint density at radius 2 is 2.28 bits per heavy atom. The summed E-state index contributed by atoms with van der Waals surface area (Å²) in [6, 6.07) is 5.23. The standard InChI is InChI=1S/C12H14N2O3S/c1-12(2,10(15)16)6-18-11-14-8-4-3-7(13)5-9(8)17-11/h3-5H,6,13H2,1-2H3,(H,15,16). The molecule has 0 amide bonds. The highest BCUT2D eigenvalue weighted by Gasteiger charge is 2.28. The normalized spacial score (nSPS) is 11.9. The predicted molar refractivity (Wildman–Crippen MR) is 70.6 cm³/mol. The van der Waals surface area contributed by atoms with Crippen LogP contribution in [-0.2, 0) is 4.79 Å². The monoisotopic (exact) mass is 266 g/mol. The number of fused-ring (bicyclic) bond motifs is 1. The van der Waals surface area contributed by atoms with Crippen LogP contribution in [0.3, 0.4) is 0 Å². The van der Waals surface area contributed by atoms with Gasteiger partial charge in [0.2, 0.25) is 0 Å². The fourth-order valence-electron chi connectivity index (χ4n) is 1.29. The lowest BCUT2D eigenvalue weighted by Crippen LogP contribution is -2.26. The van der Waals surface area contributed by atoms with Crippen LogP contribution in [0.15, 0.2) is 27.8 Å². The van der Waals surface area contributed by atoms with E-state index in [-0.39, 0.29) is 0 Å². The molecule has 6 heteroatoms. The quantitative estimate of drug-likeness (QED) is 0.653. The molecule has 2 aromatic rings. The lowest BCUT2D eigenvalue weighted by atomic mass is 9.97. The van der Waals surface area contributed by atoms with E-state index >= 15 is 0 Å². The van der Waals surface area contributed by atoms with Gasteiger partial charge in [0.1, 0.15) is 5.52 Å². The van der Waals surface area contributed by atoms with Crippen LogP contribution in [0.5, 0.6) is 0 Å². The smallest absolute Gasteiger partial charge is 0.309 e. The van der Waals surface area contributed by atoms with E-state index in [4.69, 9.17) is 15.3 Å². The van der Waals surface area contributed by atoms with Crippen LogP contribution >= 0.6 is 11.8 Å². The molecule has 1 aromatic carbocycles. The third-order valence-electron chi connectivity index (χ3n) is 2.53. The summed E-state index contributed by atoms with van der Waals surface area (Å²) in [5.41, 5.74) is 6.78. The summed E-state index contributed by atoms with van der Waals surface area (Å²) in [6.45, 7) is 3.34. The van der Waals surface area contributed by atoms with Gasteiger partial charge in [-0.1, -0.05) is 11.8 Å². The Kier molecular flexibility index (Phi) is 3.21. The number of aromatic nitrogens is 1. The summed E-state index contributed by atoms with van der Waals surface area (Å²) in [5, 5.41) is 9.48. The molecule has 0 aliphatic heterocycles. The molecule has 0 fully saturated rings. The minimum atomic E-state index is -0.838. The maximum Gasteiger partial charge on any atom is 0.309 e. The van der Waals surface area contributed by atoms with Gasteiger partial charge in [0, 0.05) is 17.5 Å².